The number of hydrogen-bond acceptors (Lipinski definition) is 6. The first kappa shape index (κ1) is 20.5. The largest absolute Gasteiger partial charge is 0.289 e. The normalized spacial score (nSPS) is 10.8. The topological polar surface area (TPSA) is 116 Å². The molecule has 29 heavy (non-hydrogen) atoms. The minimum atomic E-state index is -4.16. The maximum atomic E-state index is 12.9. The van der Waals surface area contributed by atoms with E-state index in [4.69, 9.17) is 11.6 Å². The molecule has 1 N–H and O–H groups in total. The molecule has 0 aliphatic heterocycles. The molecule has 0 atom stereocenters. The van der Waals surface area contributed by atoms with Crippen LogP contribution in [0.2, 0.25) is 5.02 Å². The Kier molecular flexibility index (Phi) is 5.66. The van der Waals surface area contributed by atoms with Gasteiger partial charge in [0.1, 0.15) is 22.7 Å². The van der Waals surface area contributed by atoms with Crippen LogP contribution < -0.4 is 10.4 Å². The van der Waals surface area contributed by atoms with Crippen LogP contribution in [-0.4, -0.2) is 13.1 Å². The van der Waals surface area contributed by atoms with E-state index in [1.807, 2.05) is 6.07 Å². The molecule has 0 radical (unpaired) electrons. The molecular weight excluding hydrogens is 432 g/mol. The van der Waals surface area contributed by atoms with E-state index in [0.29, 0.717) is 15.3 Å². The van der Waals surface area contributed by atoms with Crippen molar-refractivity contribution in [1.82, 2.24) is 4.68 Å². The molecule has 0 saturated carbocycles. The monoisotopic (exact) mass is 442 g/mol. The van der Waals surface area contributed by atoms with Crippen molar-refractivity contribution < 1.29 is 8.42 Å². The standard InChI is InChI=1S/C19H11ClN4O3S2/c20-13-8-6-12(7-9-13)17-15(10-21)18(25)24(19(28)16(17)11-22)23-29(26,27)14-4-2-1-3-5-14/h1-9,23,28H. The lowest BCUT2D eigenvalue weighted by molar-refractivity contribution is 0.591. The summed E-state index contributed by atoms with van der Waals surface area (Å²) in [5.41, 5.74) is -1.05. The summed E-state index contributed by atoms with van der Waals surface area (Å²) >= 11 is 10.1. The maximum Gasteiger partial charge on any atom is 0.289 e. The molecule has 3 aromatic rings. The van der Waals surface area contributed by atoms with Gasteiger partial charge < -0.3 is 0 Å². The highest BCUT2D eigenvalue weighted by Gasteiger charge is 2.24. The summed E-state index contributed by atoms with van der Waals surface area (Å²) in [4.78, 5) is 14.9. The zero-order valence-corrected chi connectivity index (χ0v) is 17.0. The third-order valence-corrected chi connectivity index (χ3v) is 5.97. The van der Waals surface area contributed by atoms with Crippen LogP contribution in [0.1, 0.15) is 11.1 Å². The Bertz CT molecular complexity index is 1340. The molecule has 2 aromatic carbocycles. The quantitative estimate of drug-likeness (QED) is 0.602. The van der Waals surface area contributed by atoms with Gasteiger partial charge in [0.2, 0.25) is 0 Å². The molecule has 0 amide bonds. The first-order chi connectivity index (χ1) is 13.8. The number of pyridine rings is 1. The highest BCUT2D eigenvalue weighted by molar-refractivity contribution is 7.92. The molecule has 0 spiro atoms. The Morgan fingerprint density at radius 2 is 1.55 bits per heavy atom. The fourth-order valence-corrected chi connectivity index (χ4v) is 4.17. The van der Waals surface area contributed by atoms with E-state index in [1.165, 1.54) is 24.3 Å². The second kappa shape index (κ2) is 8.02. The second-order valence-electron chi connectivity index (χ2n) is 5.73. The summed E-state index contributed by atoms with van der Waals surface area (Å²) in [7, 11) is -4.16. The lowest BCUT2D eigenvalue weighted by atomic mass is 9.97. The highest BCUT2D eigenvalue weighted by atomic mass is 35.5. The number of hydrogen-bond donors (Lipinski definition) is 2. The molecule has 0 unspecified atom stereocenters. The van der Waals surface area contributed by atoms with Crippen molar-refractivity contribution in [3.8, 4) is 23.3 Å². The maximum absolute atomic E-state index is 12.9. The number of benzene rings is 2. The number of thiol groups is 1. The molecule has 144 valence electrons. The average molecular weight is 443 g/mol. The Morgan fingerprint density at radius 3 is 2.10 bits per heavy atom. The van der Waals surface area contributed by atoms with Crippen LogP contribution >= 0.6 is 24.2 Å². The van der Waals surface area contributed by atoms with Crippen molar-refractivity contribution in [3.05, 3.63) is 81.1 Å². The van der Waals surface area contributed by atoms with E-state index in [9.17, 15) is 23.7 Å². The molecule has 0 fully saturated rings. The molecule has 3 rings (SSSR count). The van der Waals surface area contributed by atoms with Crippen molar-refractivity contribution in [2.75, 3.05) is 4.83 Å². The Labute approximate surface area is 176 Å². The molecule has 0 bridgehead atoms. The van der Waals surface area contributed by atoms with Gasteiger partial charge in [-0.3, -0.25) is 4.79 Å². The van der Waals surface area contributed by atoms with E-state index >= 15 is 0 Å². The van der Waals surface area contributed by atoms with E-state index in [0.717, 1.165) is 0 Å². The second-order valence-corrected chi connectivity index (χ2v) is 8.25. The smallest absolute Gasteiger partial charge is 0.266 e. The van der Waals surface area contributed by atoms with Crippen LogP contribution in [0.15, 0.2) is 69.3 Å². The first-order valence-electron chi connectivity index (χ1n) is 7.96. The molecule has 7 nitrogen and oxygen atoms in total. The Morgan fingerprint density at radius 1 is 0.966 bits per heavy atom. The van der Waals surface area contributed by atoms with Crippen LogP contribution in [-0.2, 0) is 10.0 Å². The van der Waals surface area contributed by atoms with Crippen molar-refractivity contribution in [3.63, 3.8) is 0 Å². The minimum absolute atomic E-state index is 0.0526. The SMILES string of the molecule is N#Cc1c(-c2ccc(Cl)cc2)c(C#N)c(=O)n(NS(=O)(=O)c2ccccc2)c1S. The number of nitrogens with one attached hydrogen (secondary N) is 1. The minimum Gasteiger partial charge on any atom is -0.266 e. The van der Waals surface area contributed by atoms with Crippen LogP contribution in [0.25, 0.3) is 11.1 Å². The molecule has 0 aliphatic rings. The van der Waals surface area contributed by atoms with Crippen LogP contribution in [0.3, 0.4) is 0 Å². The third kappa shape index (κ3) is 3.84. The molecule has 0 saturated heterocycles. The molecule has 1 heterocycles. The van der Waals surface area contributed by atoms with Gasteiger partial charge in [-0.05, 0) is 29.8 Å². The fraction of sp³-hybridized carbons (Fsp3) is 0. The van der Waals surface area contributed by atoms with Crippen molar-refractivity contribution >= 4 is 34.3 Å². The average Bonchev–Trinajstić information content (AvgIpc) is 2.72. The molecule has 1 aromatic heterocycles. The van der Waals surface area contributed by atoms with E-state index in [1.54, 1.807) is 36.4 Å². The Balaban J connectivity index is 2.27. The Hall–Kier alpha value is -3.24. The van der Waals surface area contributed by atoms with Gasteiger partial charge in [-0.1, -0.05) is 41.9 Å². The number of aromatic nitrogens is 1. The number of halogens is 1. The third-order valence-electron chi connectivity index (χ3n) is 3.97. The van der Waals surface area contributed by atoms with Crippen LogP contribution in [0, 0.1) is 22.7 Å². The van der Waals surface area contributed by atoms with Crippen molar-refractivity contribution in [1.29, 1.82) is 10.5 Å². The van der Waals surface area contributed by atoms with E-state index in [2.05, 4.69) is 17.5 Å². The summed E-state index contributed by atoms with van der Waals surface area (Å²) < 4.78 is 25.8. The number of rotatable bonds is 4. The molecule has 0 aliphatic carbocycles. The van der Waals surface area contributed by atoms with Gasteiger partial charge in [-0.2, -0.15) is 18.9 Å². The van der Waals surface area contributed by atoms with Gasteiger partial charge in [-0.25, -0.2) is 9.51 Å². The molecule has 10 heteroatoms. The predicted octanol–water partition coefficient (Wildman–Crippen LogP) is 3.13. The zero-order valence-electron chi connectivity index (χ0n) is 14.5. The number of nitriles is 2. The van der Waals surface area contributed by atoms with Gasteiger partial charge in [0.15, 0.2) is 0 Å². The summed E-state index contributed by atoms with van der Waals surface area (Å²) in [6, 6.07) is 17.2. The van der Waals surface area contributed by atoms with Gasteiger partial charge in [0, 0.05) is 10.6 Å². The summed E-state index contributed by atoms with van der Waals surface area (Å²) in [6.07, 6.45) is 0. The predicted molar refractivity (Wildman–Crippen MR) is 111 cm³/mol. The van der Waals surface area contributed by atoms with Crippen molar-refractivity contribution in [2.24, 2.45) is 0 Å². The van der Waals surface area contributed by atoms with Gasteiger partial charge in [0.25, 0.3) is 15.6 Å². The van der Waals surface area contributed by atoms with Crippen LogP contribution in [0.4, 0.5) is 0 Å². The fourth-order valence-electron chi connectivity index (χ4n) is 2.64. The number of nitrogens with zero attached hydrogens (tertiary/aromatic N) is 3. The van der Waals surface area contributed by atoms with Crippen LogP contribution in [0.5, 0.6) is 0 Å². The van der Waals surface area contributed by atoms with Crippen molar-refractivity contribution in [2.45, 2.75) is 9.92 Å². The lowest BCUT2D eigenvalue weighted by Gasteiger charge is -2.17. The zero-order chi connectivity index (χ0) is 21.2. The first-order valence-corrected chi connectivity index (χ1v) is 10.3. The van der Waals surface area contributed by atoms with Gasteiger partial charge in [-0.15, -0.1) is 12.6 Å². The summed E-state index contributed by atoms with van der Waals surface area (Å²) in [5.74, 6) is 0. The van der Waals surface area contributed by atoms with E-state index < -0.39 is 21.1 Å². The highest BCUT2D eigenvalue weighted by Crippen LogP contribution is 2.30. The lowest BCUT2D eigenvalue weighted by Crippen LogP contribution is -2.36. The van der Waals surface area contributed by atoms with Gasteiger partial charge >= 0.3 is 0 Å². The number of sulfonamides is 1. The molecular formula is C19H11ClN4O3S2. The summed E-state index contributed by atoms with van der Waals surface area (Å²) in [5, 5.41) is 19.4. The van der Waals surface area contributed by atoms with Gasteiger partial charge in [0.05, 0.1) is 10.5 Å². The summed E-state index contributed by atoms with van der Waals surface area (Å²) in [6.45, 7) is 0. The van der Waals surface area contributed by atoms with E-state index in [-0.39, 0.29) is 21.0 Å².